The normalized spacial score (nSPS) is 15.6. The zero-order chi connectivity index (χ0) is 21.0. The largest absolute Gasteiger partial charge is 0.508 e. The van der Waals surface area contributed by atoms with Crippen LogP contribution in [0.1, 0.15) is 34.8 Å². The fourth-order valence-corrected chi connectivity index (χ4v) is 3.43. The van der Waals surface area contributed by atoms with Gasteiger partial charge in [-0.15, -0.1) is 0 Å². The molecule has 1 unspecified atom stereocenters. The number of aryl methyl sites for hydroxylation is 2. The van der Waals surface area contributed by atoms with Crippen molar-refractivity contribution < 1.29 is 19.4 Å². The summed E-state index contributed by atoms with van der Waals surface area (Å²) in [6, 6.07) is 12.1. The van der Waals surface area contributed by atoms with E-state index in [-0.39, 0.29) is 17.6 Å². The first-order chi connectivity index (χ1) is 13.8. The average Bonchev–Trinajstić information content (AvgIpc) is 2.97. The number of hydrogen-bond donors (Lipinski definition) is 1. The predicted octanol–water partition coefficient (Wildman–Crippen LogP) is 3.15. The molecule has 154 valence electrons. The minimum absolute atomic E-state index is 0.00999. The Bertz CT molecular complexity index is 879. The molecule has 2 amide bonds. The highest BCUT2D eigenvalue weighted by molar-refractivity contribution is 5.94. The van der Waals surface area contributed by atoms with Gasteiger partial charge in [0.25, 0.3) is 11.8 Å². The number of hydrogen-bond acceptors (Lipinski definition) is 4. The predicted molar refractivity (Wildman–Crippen MR) is 111 cm³/mol. The molecule has 1 aliphatic heterocycles. The molecular weight excluding hydrogens is 368 g/mol. The summed E-state index contributed by atoms with van der Waals surface area (Å²) in [6.07, 6.45) is 0.0929. The smallest absolute Gasteiger partial charge is 0.263 e. The second kappa shape index (κ2) is 8.99. The molecule has 1 heterocycles. The fourth-order valence-electron chi connectivity index (χ4n) is 3.43. The van der Waals surface area contributed by atoms with E-state index in [1.54, 1.807) is 24.0 Å². The first-order valence-corrected chi connectivity index (χ1v) is 9.96. The number of amides is 2. The van der Waals surface area contributed by atoms with Crippen molar-refractivity contribution >= 4 is 11.8 Å². The zero-order valence-electron chi connectivity index (χ0n) is 17.2. The molecule has 2 aromatic rings. The molecule has 1 atom stereocenters. The molecule has 1 N–H and O–H groups in total. The molecule has 1 aliphatic rings. The van der Waals surface area contributed by atoms with Crippen LogP contribution in [0.5, 0.6) is 11.5 Å². The molecule has 0 bridgehead atoms. The van der Waals surface area contributed by atoms with E-state index in [0.29, 0.717) is 37.5 Å². The number of rotatable bonds is 4. The van der Waals surface area contributed by atoms with Crippen molar-refractivity contribution in [2.24, 2.45) is 0 Å². The summed E-state index contributed by atoms with van der Waals surface area (Å²) >= 11 is 0. The van der Waals surface area contributed by atoms with Crippen molar-refractivity contribution in [2.45, 2.75) is 33.3 Å². The maximum absolute atomic E-state index is 12.9. The summed E-state index contributed by atoms with van der Waals surface area (Å²) in [6.45, 7) is 7.96. The van der Waals surface area contributed by atoms with Gasteiger partial charge in [-0.05, 0) is 74.7 Å². The minimum Gasteiger partial charge on any atom is -0.508 e. The molecule has 1 saturated heterocycles. The molecular formula is C23H28N2O4. The van der Waals surface area contributed by atoms with Gasteiger partial charge in [-0.2, -0.15) is 0 Å². The van der Waals surface area contributed by atoms with Gasteiger partial charge < -0.3 is 19.6 Å². The second-order valence-electron chi connectivity index (χ2n) is 7.52. The second-order valence-corrected chi connectivity index (χ2v) is 7.52. The summed E-state index contributed by atoms with van der Waals surface area (Å²) in [7, 11) is 0. The minimum atomic E-state index is -0.637. The van der Waals surface area contributed by atoms with Gasteiger partial charge in [0, 0.05) is 31.7 Å². The number of nitrogens with zero attached hydrogens (tertiary/aromatic N) is 2. The number of carbonyl (C=O) groups is 2. The molecule has 0 aromatic heterocycles. The zero-order valence-corrected chi connectivity index (χ0v) is 17.2. The summed E-state index contributed by atoms with van der Waals surface area (Å²) in [4.78, 5) is 29.3. The lowest BCUT2D eigenvalue weighted by molar-refractivity contribution is -0.137. The highest BCUT2D eigenvalue weighted by Gasteiger charge is 2.26. The summed E-state index contributed by atoms with van der Waals surface area (Å²) < 4.78 is 5.71. The van der Waals surface area contributed by atoms with Crippen molar-refractivity contribution in [1.29, 1.82) is 0 Å². The van der Waals surface area contributed by atoms with Crippen LogP contribution < -0.4 is 4.74 Å². The third kappa shape index (κ3) is 5.08. The van der Waals surface area contributed by atoms with Crippen LogP contribution >= 0.6 is 0 Å². The van der Waals surface area contributed by atoms with Gasteiger partial charge in [0.2, 0.25) is 0 Å². The van der Waals surface area contributed by atoms with Crippen LogP contribution in [-0.4, -0.2) is 59.0 Å². The Morgan fingerprint density at radius 1 is 0.931 bits per heavy atom. The quantitative estimate of drug-likeness (QED) is 0.862. The Balaban J connectivity index is 1.59. The molecule has 6 heteroatoms. The van der Waals surface area contributed by atoms with Crippen LogP contribution in [0.25, 0.3) is 0 Å². The van der Waals surface area contributed by atoms with Crippen LogP contribution in [0.2, 0.25) is 0 Å². The Morgan fingerprint density at radius 2 is 1.59 bits per heavy atom. The lowest BCUT2D eigenvalue weighted by atomic mass is 10.1. The Hall–Kier alpha value is -3.02. The number of phenols is 1. The maximum Gasteiger partial charge on any atom is 0.263 e. The van der Waals surface area contributed by atoms with E-state index in [9.17, 15) is 14.7 Å². The molecule has 2 aromatic carbocycles. The van der Waals surface area contributed by atoms with Crippen molar-refractivity contribution in [3.8, 4) is 11.5 Å². The Morgan fingerprint density at radius 3 is 2.28 bits per heavy atom. The van der Waals surface area contributed by atoms with Gasteiger partial charge in [-0.3, -0.25) is 9.59 Å². The average molecular weight is 396 g/mol. The lowest BCUT2D eigenvalue weighted by Crippen LogP contribution is -2.43. The highest BCUT2D eigenvalue weighted by atomic mass is 16.5. The number of benzene rings is 2. The molecule has 0 spiro atoms. The van der Waals surface area contributed by atoms with E-state index in [2.05, 4.69) is 0 Å². The summed E-state index contributed by atoms with van der Waals surface area (Å²) in [5.41, 5.74) is 2.95. The van der Waals surface area contributed by atoms with Crippen LogP contribution in [0.3, 0.4) is 0 Å². The third-order valence-corrected chi connectivity index (χ3v) is 5.35. The fraction of sp³-hybridized carbons (Fsp3) is 0.391. The van der Waals surface area contributed by atoms with Crippen LogP contribution in [-0.2, 0) is 4.79 Å². The standard InChI is InChI=1S/C23H28N2O4/c1-16-5-6-19(15-17(16)2)23(28)25-12-4-11-24(13-14-25)22(27)18(3)29-21-9-7-20(26)8-10-21/h5-10,15,18,26H,4,11-14H2,1-3H3. The molecule has 29 heavy (non-hydrogen) atoms. The molecule has 0 radical (unpaired) electrons. The first-order valence-electron chi connectivity index (χ1n) is 9.96. The van der Waals surface area contributed by atoms with E-state index >= 15 is 0 Å². The van der Waals surface area contributed by atoms with Gasteiger partial charge in [-0.1, -0.05) is 6.07 Å². The van der Waals surface area contributed by atoms with E-state index in [0.717, 1.165) is 17.5 Å². The SMILES string of the molecule is Cc1ccc(C(=O)N2CCCN(C(=O)C(C)Oc3ccc(O)cc3)CC2)cc1C. The number of aromatic hydroxyl groups is 1. The number of carbonyl (C=O) groups excluding carboxylic acids is 2. The molecule has 6 nitrogen and oxygen atoms in total. The maximum atomic E-state index is 12.9. The molecule has 0 saturated carbocycles. The van der Waals surface area contributed by atoms with Crippen molar-refractivity contribution in [3.05, 3.63) is 59.2 Å². The van der Waals surface area contributed by atoms with Gasteiger partial charge >= 0.3 is 0 Å². The van der Waals surface area contributed by atoms with E-state index in [1.807, 2.05) is 36.9 Å². The summed E-state index contributed by atoms with van der Waals surface area (Å²) in [5, 5.41) is 9.35. The van der Waals surface area contributed by atoms with Crippen LogP contribution in [0.15, 0.2) is 42.5 Å². The van der Waals surface area contributed by atoms with Crippen molar-refractivity contribution in [1.82, 2.24) is 9.80 Å². The summed E-state index contributed by atoms with van der Waals surface area (Å²) in [5.74, 6) is 0.594. The van der Waals surface area contributed by atoms with E-state index < -0.39 is 6.10 Å². The van der Waals surface area contributed by atoms with Gasteiger partial charge in [0.05, 0.1) is 0 Å². The van der Waals surface area contributed by atoms with Gasteiger partial charge in [0.15, 0.2) is 6.10 Å². The topological polar surface area (TPSA) is 70.1 Å². The van der Waals surface area contributed by atoms with Crippen molar-refractivity contribution in [3.63, 3.8) is 0 Å². The number of phenolic OH excluding ortho intramolecular Hbond substituents is 1. The third-order valence-electron chi connectivity index (χ3n) is 5.35. The first kappa shape index (κ1) is 20.7. The van der Waals surface area contributed by atoms with Crippen LogP contribution in [0.4, 0.5) is 0 Å². The van der Waals surface area contributed by atoms with E-state index in [1.165, 1.54) is 12.1 Å². The van der Waals surface area contributed by atoms with Gasteiger partial charge in [0.1, 0.15) is 11.5 Å². The van der Waals surface area contributed by atoms with Crippen molar-refractivity contribution in [2.75, 3.05) is 26.2 Å². The Labute approximate surface area is 171 Å². The number of ether oxygens (including phenoxy) is 1. The monoisotopic (exact) mass is 396 g/mol. The lowest BCUT2D eigenvalue weighted by Gasteiger charge is -2.25. The van der Waals surface area contributed by atoms with Gasteiger partial charge in [-0.25, -0.2) is 0 Å². The van der Waals surface area contributed by atoms with E-state index in [4.69, 9.17) is 4.74 Å². The van der Waals surface area contributed by atoms with Crippen LogP contribution in [0, 0.1) is 13.8 Å². The molecule has 1 fully saturated rings. The highest BCUT2D eigenvalue weighted by Crippen LogP contribution is 2.19. The Kier molecular flexibility index (Phi) is 6.42. The molecule has 3 rings (SSSR count). The molecule has 0 aliphatic carbocycles.